The fourth-order valence-corrected chi connectivity index (χ4v) is 6.30. The Balaban J connectivity index is 1.76. The third kappa shape index (κ3) is 1.56. The summed E-state index contributed by atoms with van der Waals surface area (Å²) in [5.41, 5.74) is 0.0141. The van der Waals surface area contributed by atoms with Gasteiger partial charge in [-0.1, -0.05) is 12.5 Å². The van der Waals surface area contributed by atoms with E-state index in [-0.39, 0.29) is 22.9 Å². The molecule has 0 spiro atoms. The zero-order valence-electron chi connectivity index (χ0n) is 13.7. The molecule has 3 heteroatoms. The lowest BCUT2D eigenvalue weighted by Gasteiger charge is -2.60. The minimum atomic E-state index is -0.816. The lowest BCUT2D eigenvalue weighted by atomic mass is 9.46. The Morgan fingerprint density at radius 2 is 1.77 bits per heavy atom. The molecule has 0 radical (unpaired) electrons. The van der Waals surface area contributed by atoms with E-state index in [1.165, 1.54) is 5.57 Å². The first-order valence-electron chi connectivity index (χ1n) is 8.81. The highest BCUT2D eigenvalue weighted by Gasteiger charge is 2.66. The zero-order chi connectivity index (χ0) is 15.8. The topological polar surface area (TPSA) is 54.4 Å². The molecule has 0 saturated heterocycles. The van der Waals surface area contributed by atoms with Gasteiger partial charge >= 0.3 is 0 Å². The molecule has 0 aromatic heterocycles. The number of rotatable bonds is 0. The van der Waals surface area contributed by atoms with Crippen LogP contribution in [0.4, 0.5) is 0 Å². The van der Waals surface area contributed by atoms with Crippen LogP contribution in [0.5, 0.6) is 0 Å². The third-order valence-electron chi connectivity index (χ3n) is 7.86. The highest BCUT2D eigenvalue weighted by molar-refractivity contribution is 5.92. The molecule has 3 saturated carbocycles. The van der Waals surface area contributed by atoms with E-state index in [4.69, 9.17) is 0 Å². The maximum atomic E-state index is 12.4. The normalized spacial score (nSPS) is 51.0. The highest BCUT2D eigenvalue weighted by atomic mass is 16.3. The van der Waals surface area contributed by atoms with Crippen molar-refractivity contribution in [2.45, 2.75) is 70.8 Å². The van der Waals surface area contributed by atoms with E-state index >= 15 is 0 Å². The van der Waals surface area contributed by atoms with Crippen LogP contribution in [0.15, 0.2) is 11.6 Å². The average Bonchev–Trinajstić information content (AvgIpc) is 2.72. The van der Waals surface area contributed by atoms with Crippen LogP contribution in [0.25, 0.3) is 0 Å². The summed E-state index contributed by atoms with van der Waals surface area (Å²) in [7, 11) is 0. The molecule has 22 heavy (non-hydrogen) atoms. The predicted molar refractivity (Wildman–Crippen MR) is 83.2 cm³/mol. The number of hydrogen-bond acceptors (Lipinski definition) is 3. The molecule has 4 aliphatic carbocycles. The summed E-state index contributed by atoms with van der Waals surface area (Å²) < 4.78 is 0. The maximum Gasteiger partial charge on any atom is 0.155 e. The van der Waals surface area contributed by atoms with E-state index in [1.807, 2.05) is 13.0 Å². The van der Waals surface area contributed by atoms with Crippen molar-refractivity contribution in [3.8, 4) is 0 Å². The van der Waals surface area contributed by atoms with Gasteiger partial charge in [-0.25, -0.2) is 0 Å². The molecule has 0 aromatic rings. The maximum absolute atomic E-state index is 12.4. The van der Waals surface area contributed by atoms with Crippen molar-refractivity contribution in [2.24, 2.45) is 22.7 Å². The first kappa shape index (κ1) is 14.6. The average molecular weight is 302 g/mol. The first-order chi connectivity index (χ1) is 10.3. The van der Waals surface area contributed by atoms with Crippen LogP contribution in [0.3, 0.4) is 0 Å². The Hall–Kier alpha value is -0.960. The van der Waals surface area contributed by atoms with Crippen molar-refractivity contribution in [1.82, 2.24) is 0 Å². The summed E-state index contributed by atoms with van der Waals surface area (Å²) in [6, 6.07) is 0. The highest BCUT2D eigenvalue weighted by Crippen LogP contribution is 2.65. The SMILES string of the molecule is CC12CCC(=O)C=C1CCC1C2CCC2(C)C(=O)CC[C@@]12O. The second kappa shape index (κ2) is 4.31. The van der Waals surface area contributed by atoms with Gasteiger partial charge in [-0.2, -0.15) is 0 Å². The van der Waals surface area contributed by atoms with Gasteiger partial charge in [0.1, 0.15) is 5.78 Å². The number of fused-ring (bicyclic) bond motifs is 5. The quantitative estimate of drug-likeness (QED) is 0.747. The Labute approximate surface area is 132 Å². The van der Waals surface area contributed by atoms with Crippen LogP contribution in [0.2, 0.25) is 0 Å². The molecule has 120 valence electrons. The van der Waals surface area contributed by atoms with Crippen LogP contribution in [-0.4, -0.2) is 22.3 Å². The number of aliphatic hydroxyl groups is 1. The van der Waals surface area contributed by atoms with Crippen molar-refractivity contribution < 1.29 is 14.7 Å². The molecule has 4 rings (SSSR count). The molecule has 0 heterocycles. The fraction of sp³-hybridized carbons (Fsp3) is 0.789. The summed E-state index contributed by atoms with van der Waals surface area (Å²) in [5, 5.41) is 11.5. The molecular formula is C19H26O3. The third-order valence-corrected chi connectivity index (χ3v) is 7.86. The molecule has 0 aliphatic heterocycles. The van der Waals surface area contributed by atoms with Gasteiger partial charge in [0, 0.05) is 12.8 Å². The molecule has 4 unspecified atom stereocenters. The molecular weight excluding hydrogens is 276 g/mol. The van der Waals surface area contributed by atoms with E-state index in [2.05, 4.69) is 6.92 Å². The smallest absolute Gasteiger partial charge is 0.155 e. The molecule has 0 aromatic carbocycles. The Kier molecular flexibility index (Phi) is 2.87. The molecule has 5 atom stereocenters. The number of allylic oxidation sites excluding steroid dienone is 1. The zero-order valence-corrected chi connectivity index (χ0v) is 13.7. The minimum absolute atomic E-state index is 0.0551. The van der Waals surface area contributed by atoms with Crippen molar-refractivity contribution in [1.29, 1.82) is 0 Å². The lowest BCUT2D eigenvalue weighted by molar-refractivity contribution is -0.178. The van der Waals surface area contributed by atoms with Gasteiger partial charge in [-0.05, 0) is 68.8 Å². The molecule has 1 N–H and O–H groups in total. The Bertz CT molecular complexity index is 591. The second-order valence-electron chi connectivity index (χ2n) is 8.52. The lowest BCUT2D eigenvalue weighted by Crippen LogP contribution is -2.60. The van der Waals surface area contributed by atoms with Crippen molar-refractivity contribution in [3.05, 3.63) is 11.6 Å². The Morgan fingerprint density at radius 3 is 2.55 bits per heavy atom. The number of Topliss-reactive ketones (excluding diaryl/α,β-unsaturated/α-hetero) is 1. The van der Waals surface area contributed by atoms with Crippen molar-refractivity contribution >= 4 is 11.6 Å². The van der Waals surface area contributed by atoms with E-state index in [0.29, 0.717) is 25.2 Å². The van der Waals surface area contributed by atoms with E-state index in [9.17, 15) is 14.7 Å². The van der Waals surface area contributed by atoms with Gasteiger partial charge in [0.05, 0.1) is 11.0 Å². The minimum Gasteiger partial charge on any atom is -0.389 e. The summed E-state index contributed by atoms with van der Waals surface area (Å²) in [4.78, 5) is 24.2. The van der Waals surface area contributed by atoms with E-state index in [0.717, 1.165) is 32.1 Å². The van der Waals surface area contributed by atoms with Crippen LogP contribution in [0, 0.1) is 22.7 Å². The van der Waals surface area contributed by atoms with Crippen LogP contribution in [0.1, 0.15) is 65.2 Å². The summed E-state index contributed by atoms with van der Waals surface area (Å²) in [6.45, 7) is 4.29. The Morgan fingerprint density at radius 1 is 1.00 bits per heavy atom. The summed E-state index contributed by atoms with van der Waals surface area (Å²) in [6.07, 6.45) is 8.27. The van der Waals surface area contributed by atoms with Crippen molar-refractivity contribution in [2.75, 3.05) is 0 Å². The van der Waals surface area contributed by atoms with Crippen LogP contribution in [-0.2, 0) is 9.59 Å². The first-order valence-corrected chi connectivity index (χ1v) is 8.81. The molecule has 0 bridgehead atoms. The van der Waals surface area contributed by atoms with Crippen LogP contribution < -0.4 is 0 Å². The molecule has 3 fully saturated rings. The largest absolute Gasteiger partial charge is 0.389 e. The molecule has 0 amide bonds. The summed E-state index contributed by atoms with van der Waals surface area (Å²) >= 11 is 0. The van der Waals surface area contributed by atoms with Gasteiger partial charge < -0.3 is 5.11 Å². The van der Waals surface area contributed by atoms with Gasteiger partial charge in [0.15, 0.2) is 5.78 Å². The van der Waals surface area contributed by atoms with E-state index in [1.54, 1.807) is 0 Å². The van der Waals surface area contributed by atoms with Gasteiger partial charge in [-0.3, -0.25) is 9.59 Å². The van der Waals surface area contributed by atoms with Gasteiger partial charge in [-0.15, -0.1) is 0 Å². The van der Waals surface area contributed by atoms with Crippen LogP contribution >= 0.6 is 0 Å². The predicted octanol–water partition coefficient (Wildman–Crippen LogP) is 3.20. The van der Waals surface area contributed by atoms with E-state index < -0.39 is 11.0 Å². The molecule has 4 aliphatic rings. The van der Waals surface area contributed by atoms with Gasteiger partial charge in [0.2, 0.25) is 0 Å². The fourth-order valence-electron chi connectivity index (χ4n) is 6.30. The van der Waals surface area contributed by atoms with Gasteiger partial charge in [0.25, 0.3) is 0 Å². The number of carbonyl (C=O) groups excluding carboxylic acids is 2. The number of hydrogen-bond donors (Lipinski definition) is 1. The monoisotopic (exact) mass is 302 g/mol. The molecule has 3 nitrogen and oxygen atoms in total. The number of carbonyl (C=O) groups is 2. The van der Waals surface area contributed by atoms with Crippen molar-refractivity contribution in [3.63, 3.8) is 0 Å². The summed E-state index contributed by atoms with van der Waals surface area (Å²) in [5.74, 6) is 1.16. The number of ketones is 2. The second-order valence-corrected chi connectivity index (χ2v) is 8.52. The standard InChI is InChI=1S/C19H26O3/c1-17-8-5-13(20)11-12(17)3-4-15-14(17)6-9-18(2)16(21)7-10-19(15,18)22/h11,14-15,22H,3-10H2,1-2H3/t14?,15?,17?,18?,19-/m1/s1.